The van der Waals surface area contributed by atoms with Crippen LogP contribution in [0.3, 0.4) is 0 Å². The predicted molar refractivity (Wildman–Crippen MR) is 122 cm³/mol. The third kappa shape index (κ3) is 5.34. The molecular formula is C22H25ClN4O2S. The topological polar surface area (TPSA) is 69.0 Å². The summed E-state index contributed by atoms with van der Waals surface area (Å²) in [5.74, 6) is 1.43. The highest BCUT2D eigenvalue weighted by Crippen LogP contribution is 2.31. The van der Waals surface area contributed by atoms with E-state index in [0.29, 0.717) is 29.2 Å². The highest BCUT2D eigenvalue weighted by molar-refractivity contribution is 8.00. The number of aromatic nitrogens is 3. The Balaban J connectivity index is 1.99. The molecule has 0 aliphatic rings. The fourth-order valence-corrected chi connectivity index (χ4v) is 3.94. The molecule has 2 aromatic carbocycles. The molecule has 0 radical (unpaired) electrons. The highest BCUT2D eigenvalue weighted by atomic mass is 35.5. The summed E-state index contributed by atoms with van der Waals surface area (Å²) in [6, 6.07) is 15.2. The van der Waals surface area contributed by atoms with Crippen LogP contribution in [-0.2, 0) is 4.79 Å². The van der Waals surface area contributed by atoms with E-state index in [9.17, 15) is 4.79 Å². The Labute approximate surface area is 186 Å². The van der Waals surface area contributed by atoms with Gasteiger partial charge in [-0.1, -0.05) is 42.4 Å². The van der Waals surface area contributed by atoms with Gasteiger partial charge in [-0.2, -0.15) is 0 Å². The maximum atomic E-state index is 12.4. The normalized spacial score (nSPS) is 11.9. The van der Waals surface area contributed by atoms with Gasteiger partial charge in [0.2, 0.25) is 5.91 Å². The second-order valence-corrected chi connectivity index (χ2v) is 8.37. The fourth-order valence-electron chi connectivity index (χ4n) is 2.86. The molecule has 0 fully saturated rings. The lowest BCUT2D eigenvalue weighted by Crippen LogP contribution is -2.31. The molecule has 0 bridgehead atoms. The number of rotatable bonds is 9. The molecule has 0 aliphatic heterocycles. The summed E-state index contributed by atoms with van der Waals surface area (Å²) in [6.07, 6.45) is 0.893. The Bertz CT molecular complexity index is 991. The zero-order chi connectivity index (χ0) is 21.5. The molecule has 8 heteroatoms. The molecule has 0 saturated heterocycles. The van der Waals surface area contributed by atoms with Crippen molar-refractivity contribution in [2.75, 3.05) is 13.2 Å². The van der Waals surface area contributed by atoms with Gasteiger partial charge in [0.05, 0.1) is 11.9 Å². The van der Waals surface area contributed by atoms with E-state index in [-0.39, 0.29) is 11.2 Å². The van der Waals surface area contributed by atoms with E-state index < -0.39 is 0 Å². The number of hydrogen-bond acceptors (Lipinski definition) is 5. The second kappa shape index (κ2) is 10.5. The largest absolute Gasteiger partial charge is 0.494 e. The summed E-state index contributed by atoms with van der Waals surface area (Å²) < 4.78 is 7.50. The lowest BCUT2D eigenvalue weighted by atomic mass is 10.2. The summed E-state index contributed by atoms with van der Waals surface area (Å²) in [4.78, 5) is 12.4. The lowest BCUT2D eigenvalue weighted by Gasteiger charge is -2.14. The van der Waals surface area contributed by atoms with E-state index in [0.717, 1.165) is 23.4 Å². The summed E-state index contributed by atoms with van der Waals surface area (Å²) >= 11 is 7.57. The Morgan fingerprint density at radius 2 is 1.97 bits per heavy atom. The van der Waals surface area contributed by atoms with Gasteiger partial charge in [-0.05, 0) is 56.7 Å². The minimum atomic E-state index is -0.311. The van der Waals surface area contributed by atoms with Gasteiger partial charge in [-0.3, -0.25) is 9.36 Å². The van der Waals surface area contributed by atoms with E-state index in [1.807, 2.05) is 73.9 Å². The number of amides is 1. The van der Waals surface area contributed by atoms with Gasteiger partial charge in [0.25, 0.3) is 0 Å². The van der Waals surface area contributed by atoms with Gasteiger partial charge in [-0.15, -0.1) is 10.2 Å². The molecule has 3 rings (SSSR count). The molecule has 3 aromatic rings. The van der Waals surface area contributed by atoms with Gasteiger partial charge in [0.15, 0.2) is 11.0 Å². The first-order valence-corrected chi connectivity index (χ1v) is 11.2. The number of thioether (sulfide) groups is 1. The zero-order valence-electron chi connectivity index (χ0n) is 17.3. The quantitative estimate of drug-likeness (QED) is 0.470. The number of carbonyl (C=O) groups is 1. The number of benzene rings is 2. The Morgan fingerprint density at radius 1 is 1.20 bits per heavy atom. The number of carbonyl (C=O) groups excluding carboxylic acids is 1. The molecule has 6 nitrogen and oxygen atoms in total. The van der Waals surface area contributed by atoms with E-state index in [1.165, 1.54) is 11.8 Å². The Hall–Kier alpha value is -2.51. The Kier molecular flexibility index (Phi) is 7.76. The van der Waals surface area contributed by atoms with Crippen LogP contribution in [0.15, 0.2) is 53.7 Å². The molecular weight excluding hydrogens is 420 g/mol. The minimum Gasteiger partial charge on any atom is -0.494 e. The van der Waals surface area contributed by atoms with Crippen molar-refractivity contribution in [2.24, 2.45) is 0 Å². The number of halogens is 1. The van der Waals surface area contributed by atoms with E-state index in [1.54, 1.807) is 0 Å². The maximum absolute atomic E-state index is 12.4. The van der Waals surface area contributed by atoms with Gasteiger partial charge in [0.1, 0.15) is 5.75 Å². The van der Waals surface area contributed by atoms with Crippen molar-refractivity contribution in [1.29, 1.82) is 0 Å². The molecule has 1 unspecified atom stereocenters. The van der Waals surface area contributed by atoms with Crippen molar-refractivity contribution in [3.63, 3.8) is 0 Å². The minimum absolute atomic E-state index is 0.0209. The highest BCUT2D eigenvalue weighted by Gasteiger charge is 2.22. The van der Waals surface area contributed by atoms with Crippen LogP contribution in [0, 0.1) is 0 Å². The van der Waals surface area contributed by atoms with Crippen LogP contribution in [-0.4, -0.2) is 39.1 Å². The van der Waals surface area contributed by atoms with Crippen molar-refractivity contribution in [1.82, 2.24) is 20.1 Å². The van der Waals surface area contributed by atoms with Crippen LogP contribution in [0.4, 0.5) is 0 Å². The van der Waals surface area contributed by atoms with E-state index in [4.69, 9.17) is 16.3 Å². The van der Waals surface area contributed by atoms with Crippen LogP contribution in [0.1, 0.15) is 27.2 Å². The monoisotopic (exact) mass is 444 g/mol. The van der Waals surface area contributed by atoms with Crippen molar-refractivity contribution in [3.05, 3.63) is 53.6 Å². The smallest absolute Gasteiger partial charge is 0.233 e. The molecule has 30 heavy (non-hydrogen) atoms. The zero-order valence-corrected chi connectivity index (χ0v) is 18.8. The first-order chi connectivity index (χ1) is 14.5. The average molecular weight is 445 g/mol. The first-order valence-electron chi connectivity index (χ1n) is 9.92. The van der Waals surface area contributed by atoms with E-state index >= 15 is 0 Å². The average Bonchev–Trinajstić information content (AvgIpc) is 3.16. The number of nitrogens with one attached hydrogen (secondary N) is 1. The van der Waals surface area contributed by atoms with E-state index in [2.05, 4.69) is 15.5 Å². The second-order valence-electron chi connectivity index (χ2n) is 6.63. The van der Waals surface area contributed by atoms with Crippen molar-refractivity contribution in [3.8, 4) is 22.8 Å². The molecule has 1 aromatic heterocycles. The molecule has 0 saturated carbocycles. The number of ether oxygens (including phenoxy) is 1. The van der Waals surface area contributed by atoms with Crippen LogP contribution in [0.2, 0.25) is 5.02 Å². The molecule has 1 amide bonds. The first kappa shape index (κ1) is 22.2. The molecule has 1 heterocycles. The van der Waals surface area contributed by atoms with Crippen LogP contribution in [0.25, 0.3) is 17.1 Å². The van der Waals surface area contributed by atoms with Gasteiger partial charge in [-0.25, -0.2) is 0 Å². The predicted octanol–water partition coefficient (Wildman–Crippen LogP) is 4.99. The van der Waals surface area contributed by atoms with Crippen LogP contribution in [0.5, 0.6) is 5.75 Å². The molecule has 1 N–H and O–H groups in total. The maximum Gasteiger partial charge on any atom is 0.233 e. The van der Waals surface area contributed by atoms with Crippen molar-refractivity contribution >= 4 is 29.3 Å². The molecule has 1 atom stereocenters. The Morgan fingerprint density at radius 3 is 2.63 bits per heavy atom. The molecule has 158 valence electrons. The summed E-state index contributed by atoms with van der Waals surface area (Å²) in [5, 5.41) is 12.7. The van der Waals surface area contributed by atoms with Gasteiger partial charge in [0, 0.05) is 22.8 Å². The van der Waals surface area contributed by atoms with Crippen LogP contribution >= 0.6 is 23.4 Å². The van der Waals surface area contributed by atoms with Crippen LogP contribution < -0.4 is 10.1 Å². The number of hydrogen-bond donors (Lipinski definition) is 1. The fraction of sp³-hybridized carbons (Fsp3) is 0.318. The standard InChI is InChI=1S/C22H25ClN4O2S/c1-4-13-24-21(28)15(3)30-22-26-25-20(16-7-6-8-17(23)14-16)27(22)18-9-11-19(12-10-18)29-5-2/h6-12,14-15H,4-5,13H2,1-3H3,(H,24,28). The third-order valence-electron chi connectivity index (χ3n) is 4.32. The van der Waals surface area contributed by atoms with Crippen molar-refractivity contribution < 1.29 is 9.53 Å². The lowest BCUT2D eigenvalue weighted by molar-refractivity contribution is -0.120. The van der Waals surface area contributed by atoms with Crippen molar-refractivity contribution in [2.45, 2.75) is 37.6 Å². The summed E-state index contributed by atoms with van der Waals surface area (Å²) in [7, 11) is 0. The summed E-state index contributed by atoms with van der Waals surface area (Å²) in [5.41, 5.74) is 1.72. The molecule has 0 aliphatic carbocycles. The summed E-state index contributed by atoms with van der Waals surface area (Å²) in [6.45, 7) is 7.10. The number of nitrogens with zero attached hydrogens (tertiary/aromatic N) is 3. The SMILES string of the molecule is CCCNC(=O)C(C)Sc1nnc(-c2cccc(Cl)c2)n1-c1ccc(OCC)cc1. The van der Waals surface area contributed by atoms with Gasteiger partial charge < -0.3 is 10.1 Å². The third-order valence-corrected chi connectivity index (χ3v) is 5.60. The van der Waals surface area contributed by atoms with Gasteiger partial charge >= 0.3 is 0 Å². The molecule has 0 spiro atoms.